The van der Waals surface area contributed by atoms with Crippen molar-refractivity contribution in [3.05, 3.63) is 48.3 Å². The Labute approximate surface area is 175 Å². The lowest BCUT2D eigenvalue weighted by Crippen LogP contribution is -2.50. The molecule has 158 valence electrons. The van der Waals surface area contributed by atoms with Gasteiger partial charge in [-0.25, -0.2) is 0 Å². The molecule has 30 heavy (non-hydrogen) atoms. The monoisotopic (exact) mass is 410 g/mol. The van der Waals surface area contributed by atoms with Crippen molar-refractivity contribution in [1.29, 1.82) is 0 Å². The summed E-state index contributed by atoms with van der Waals surface area (Å²) < 4.78 is 11.8. The second kappa shape index (κ2) is 8.22. The van der Waals surface area contributed by atoms with Gasteiger partial charge in [-0.15, -0.1) is 0 Å². The van der Waals surface area contributed by atoms with Gasteiger partial charge in [0.2, 0.25) is 5.91 Å². The SMILES string of the molecule is CC(=O)N1CCN(C(=O)c2ccc3c(c2)NC(C)(COc2cccnc2)CO3)CC1. The largest absolute Gasteiger partial charge is 0.489 e. The van der Waals surface area contributed by atoms with E-state index >= 15 is 0 Å². The molecule has 1 unspecified atom stereocenters. The number of fused-ring (bicyclic) bond motifs is 1. The minimum Gasteiger partial charge on any atom is -0.489 e. The number of ether oxygens (including phenoxy) is 2. The number of nitrogens with one attached hydrogen (secondary N) is 1. The van der Waals surface area contributed by atoms with Crippen molar-refractivity contribution >= 4 is 17.5 Å². The van der Waals surface area contributed by atoms with Gasteiger partial charge in [-0.1, -0.05) is 0 Å². The average Bonchev–Trinajstić information content (AvgIpc) is 2.77. The second-order valence-electron chi connectivity index (χ2n) is 7.96. The highest BCUT2D eigenvalue weighted by atomic mass is 16.5. The topological polar surface area (TPSA) is 84.0 Å². The number of benzene rings is 1. The number of nitrogens with zero attached hydrogens (tertiary/aromatic N) is 3. The van der Waals surface area contributed by atoms with Gasteiger partial charge >= 0.3 is 0 Å². The van der Waals surface area contributed by atoms with Gasteiger partial charge in [0.25, 0.3) is 5.91 Å². The summed E-state index contributed by atoms with van der Waals surface area (Å²) in [5.74, 6) is 1.42. The predicted octanol–water partition coefficient (Wildman–Crippen LogP) is 2.03. The molecular weight excluding hydrogens is 384 g/mol. The van der Waals surface area contributed by atoms with E-state index in [4.69, 9.17) is 9.47 Å². The number of hydrogen-bond donors (Lipinski definition) is 1. The zero-order chi connectivity index (χ0) is 21.1. The summed E-state index contributed by atoms with van der Waals surface area (Å²) in [5.41, 5.74) is 0.919. The van der Waals surface area contributed by atoms with Gasteiger partial charge in [0.1, 0.15) is 30.3 Å². The average molecular weight is 410 g/mol. The van der Waals surface area contributed by atoms with E-state index in [-0.39, 0.29) is 11.8 Å². The molecule has 0 spiro atoms. The maximum absolute atomic E-state index is 13.0. The van der Waals surface area contributed by atoms with Crippen molar-refractivity contribution in [3.63, 3.8) is 0 Å². The smallest absolute Gasteiger partial charge is 0.254 e. The van der Waals surface area contributed by atoms with Crippen LogP contribution in [0, 0.1) is 0 Å². The van der Waals surface area contributed by atoms with Gasteiger partial charge in [0.15, 0.2) is 0 Å². The first-order chi connectivity index (χ1) is 14.4. The van der Waals surface area contributed by atoms with E-state index in [1.807, 2.05) is 31.2 Å². The van der Waals surface area contributed by atoms with E-state index in [0.29, 0.717) is 56.5 Å². The third kappa shape index (κ3) is 4.32. The van der Waals surface area contributed by atoms with Crippen molar-refractivity contribution in [2.75, 3.05) is 44.7 Å². The minimum absolute atomic E-state index is 0.0401. The molecule has 1 saturated heterocycles. The molecule has 4 rings (SSSR count). The van der Waals surface area contributed by atoms with Crippen molar-refractivity contribution in [3.8, 4) is 11.5 Å². The quantitative estimate of drug-likeness (QED) is 0.830. The van der Waals surface area contributed by atoms with Crippen LogP contribution in [0.15, 0.2) is 42.7 Å². The molecule has 2 amide bonds. The molecule has 0 aliphatic carbocycles. The summed E-state index contributed by atoms with van der Waals surface area (Å²) in [6.45, 7) is 6.62. The number of piperazine rings is 1. The normalized spacial score (nSPS) is 20.6. The molecule has 1 N–H and O–H groups in total. The van der Waals surface area contributed by atoms with Crippen LogP contribution >= 0.6 is 0 Å². The molecule has 2 aliphatic heterocycles. The lowest BCUT2D eigenvalue weighted by atomic mass is 10.0. The van der Waals surface area contributed by atoms with Crippen LogP contribution in [0.3, 0.4) is 0 Å². The molecule has 0 radical (unpaired) electrons. The lowest BCUT2D eigenvalue weighted by molar-refractivity contribution is -0.130. The van der Waals surface area contributed by atoms with Crippen molar-refractivity contribution in [2.45, 2.75) is 19.4 Å². The summed E-state index contributed by atoms with van der Waals surface area (Å²) >= 11 is 0. The van der Waals surface area contributed by atoms with Crippen molar-refractivity contribution in [2.24, 2.45) is 0 Å². The van der Waals surface area contributed by atoms with E-state index in [0.717, 1.165) is 5.69 Å². The van der Waals surface area contributed by atoms with Crippen LogP contribution in [0.5, 0.6) is 11.5 Å². The van der Waals surface area contributed by atoms with E-state index < -0.39 is 5.54 Å². The standard InChI is InChI=1S/C22H26N4O4/c1-16(27)25-8-10-26(11-9-25)21(28)17-5-6-20-19(12-17)24-22(2,15-30-20)14-29-18-4-3-7-23-13-18/h3-7,12-13,24H,8-11,14-15H2,1-2H3. The van der Waals surface area contributed by atoms with Crippen LogP contribution in [-0.4, -0.2) is 71.5 Å². The van der Waals surface area contributed by atoms with Crippen LogP contribution in [0.4, 0.5) is 5.69 Å². The van der Waals surface area contributed by atoms with Crippen LogP contribution in [0.1, 0.15) is 24.2 Å². The Kier molecular flexibility index (Phi) is 5.48. The molecule has 0 saturated carbocycles. The number of anilines is 1. The first kappa shape index (κ1) is 20.0. The van der Waals surface area contributed by atoms with Gasteiger partial charge in [0, 0.05) is 44.9 Å². The highest BCUT2D eigenvalue weighted by Gasteiger charge is 2.32. The molecule has 2 aromatic rings. The third-order valence-corrected chi connectivity index (χ3v) is 5.41. The van der Waals surface area contributed by atoms with Crippen molar-refractivity contribution < 1.29 is 19.1 Å². The number of rotatable bonds is 4. The Hall–Kier alpha value is -3.29. The fourth-order valence-electron chi connectivity index (χ4n) is 3.64. The Balaban J connectivity index is 1.42. The fourth-order valence-corrected chi connectivity index (χ4v) is 3.64. The minimum atomic E-state index is -0.447. The van der Waals surface area contributed by atoms with Gasteiger partial charge in [-0.05, 0) is 37.3 Å². The van der Waals surface area contributed by atoms with Crippen LogP contribution in [0.2, 0.25) is 0 Å². The third-order valence-electron chi connectivity index (χ3n) is 5.41. The predicted molar refractivity (Wildman–Crippen MR) is 112 cm³/mol. The number of carbonyl (C=O) groups excluding carboxylic acids is 2. The van der Waals surface area contributed by atoms with Crippen LogP contribution < -0.4 is 14.8 Å². The summed E-state index contributed by atoms with van der Waals surface area (Å²) in [4.78, 5) is 32.1. The Morgan fingerprint density at radius 3 is 2.67 bits per heavy atom. The maximum Gasteiger partial charge on any atom is 0.254 e. The molecule has 0 bridgehead atoms. The van der Waals surface area contributed by atoms with Crippen LogP contribution in [-0.2, 0) is 4.79 Å². The van der Waals surface area contributed by atoms with Gasteiger partial charge < -0.3 is 24.6 Å². The van der Waals surface area contributed by atoms with Gasteiger partial charge in [0.05, 0.1) is 11.9 Å². The van der Waals surface area contributed by atoms with E-state index in [9.17, 15) is 9.59 Å². The number of amides is 2. The first-order valence-corrected chi connectivity index (χ1v) is 10.1. The number of aromatic nitrogens is 1. The summed E-state index contributed by atoms with van der Waals surface area (Å²) in [6.07, 6.45) is 3.37. The Bertz CT molecular complexity index is 928. The highest BCUT2D eigenvalue weighted by Crippen LogP contribution is 2.34. The van der Waals surface area contributed by atoms with E-state index in [1.165, 1.54) is 0 Å². The zero-order valence-electron chi connectivity index (χ0n) is 17.3. The molecule has 1 atom stereocenters. The molecule has 8 nitrogen and oxygen atoms in total. The molecule has 8 heteroatoms. The maximum atomic E-state index is 13.0. The Morgan fingerprint density at radius 2 is 1.97 bits per heavy atom. The van der Waals surface area contributed by atoms with E-state index in [2.05, 4.69) is 10.3 Å². The number of carbonyl (C=O) groups is 2. The van der Waals surface area contributed by atoms with E-state index in [1.54, 1.807) is 35.2 Å². The highest BCUT2D eigenvalue weighted by molar-refractivity contribution is 5.96. The molecule has 2 aliphatic rings. The van der Waals surface area contributed by atoms with Gasteiger partial charge in [-0.3, -0.25) is 14.6 Å². The molecular formula is C22H26N4O4. The summed E-state index contributed by atoms with van der Waals surface area (Å²) in [7, 11) is 0. The van der Waals surface area contributed by atoms with Crippen LogP contribution in [0.25, 0.3) is 0 Å². The summed E-state index contributed by atoms with van der Waals surface area (Å²) in [6, 6.07) is 9.12. The van der Waals surface area contributed by atoms with Crippen molar-refractivity contribution in [1.82, 2.24) is 14.8 Å². The Morgan fingerprint density at radius 1 is 1.20 bits per heavy atom. The molecule has 3 heterocycles. The fraction of sp³-hybridized carbons (Fsp3) is 0.409. The molecule has 1 fully saturated rings. The molecule has 1 aromatic carbocycles. The first-order valence-electron chi connectivity index (χ1n) is 10.1. The molecule has 1 aromatic heterocycles. The van der Waals surface area contributed by atoms with Gasteiger partial charge in [-0.2, -0.15) is 0 Å². The summed E-state index contributed by atoms with van der Waals surface area (Å²) in [5, 5.41) is 3.47. The second-order valence-corrected chi connectivity index (χ2v) is 7.96. The lowest BCUT2D eigenvalue weighted by Gasteiger charge is -2.37. The zero-order valence-corrected chi connectivity index (χ0v) is 17.3. The number of hydrogen-bond acceptors (Lipinski definition) is 6. The number of pyridine rings is 1.